The lowest BCUT2D eigenvalue weighted by Gasteiger charge is -2.47. The Hall–Kier alpha value is -4.02. The summed E-state index contributed by atoms with van der Waals surface area (Å²) >= 11 is 0. The number of nitrogens with zero attached hydrogens (tertiary/aromatic N) is 3. The molecule has 0 radical (unpaired) electrons. The maximum Gasteiger partial charge on any atom is 0.410 e. The third-order valence-electron chi connectivity index (χ3n) is 7.60. The van der Waals surface area contributed by atoms with E-state index >= 15 is 0 Å². The van der Waals surface area contributed by atoms with Crippen molar-refractivity contribution in [2.75, 3.05) is 19.8 Å². The first-order chi connectivity index (χ1) is 17.6. The number of hydrogen-bond donors (Lipinski definition) is 0. The monoisotopic (exact) mass is 479 g/mol. The molecule has 6 rings (SSSR count). The van der Waals surface area contributed by atoms with Crippen molar-refractivity contribution in [2.24, 2.45) is 5.92 Å². The molecule has 7 heteroatoms. The van der Waals surface area contributed by atoms with Crippen LogP contribution >= 0.6 is 0 Å². The van der Waals surface area contributed by atoms with Crippen molar-refractivity contribution >= 4 is 11.9 Å². The molecule has 3 aromatic rings. The molecular formula is C29H25N3O4. The topological polar surface area (TPSA) is 92.5 Å². The number of hydrogen-bond acceptors (Lipinski definition) is 6. The number of pyridine rings is 1. The second-order valence-corrected chi connectivity index (χ2v) is 9.63. The molecule has 7 nitrogen and oxygen atoms in total. The smallest absolute Gasteiger partial charge is 0.410 e. The average molecular weight is 480 g/mol. The van der Waals surface area contributed by atoms with Crippen molar-refractivity contribution in [1.29, 1.82) is 5.26 Å². The van der Waals surface area contributed by atoms with E-state index in [9.17, 15) is 9.59 Å². The predicted molar refractivity (Wildman–Crippen MR) is 131 cm³/mol. The van der Waals surface area contributed by atoms with Crippen molar-refractivity contribution in [3.8, 4) is 17.2 Å². The molecule has 36 heavy (non-hydrogen) atoms. The molecule has 1 amide bonds. The maximum atomic E-state index is 13.3. The van der Waals surface area contributed by atoms with Gasteiger partial charge in [-0.25, -0.2) is 9.78 Å². The van der Waals surface area contributed by atoms with Gasteiger partial charge in [-0.3, -0.25) is 9.69 Å². The Bertz CT molecular complexity index is 1320. The number of Topliss-reactive ketones (excluding diaryl/α,β-unsaturated/α-hetero) is 1. The van der Waals surface area contributed by atoms with E-state index in [4.69, 9.17) is 14.7 Å². The number of morpholine rings is 1. The molecule has 3 aliphatic rings. The van der Waals surface area contributed by atoms with E-state index < -0.39 is 0 Å². The lowest BCUT2D eigenvalue weighted by atomic mass is 9.81. The zero-order chi connectivity index (χ0) is 24.6. The second kappa shape index (κ2) is 9.21. The zero-order valence-corrected chi connectivity index (χ0v) is 19.7. The minimum Gasteiger partial charge on any atom is -0.448 e. The van der Waals surface area contributed by atoms with Gasteiger partial charge in [-0.15, -0.1) is 0 Å². The summed E-state index contributed by atoms with van der Waals surface area (Å²) < 4.78 is 11.7. The number of piperidine rings is 1. The Balaban J connectivity index is 1.16. The standard InChI is InChI=1S/C29H25N3O4/c30-14-20-11-18(9-10-31-20)28(33)19-12-21-15-35-16-22(13-19)32(21)29(34)36-17-27-25-7-3-1-5-23(25)24-6-2-4-8-26(24)27/h1-11,19,21-22,27H,12-13,15-17H2. The fourth-order valence-electron chi connectivity index (χ4n) is 5.98. The van der Waals surface area contributed by atoms with Crippen LogP contribution in [0.3, 0.4) is 0 Å². The molecule has 180 valence electrons. The molecular weight excluding hydrogens is 454 g/mol. The number of benzene rings is 2. The van der Waals surface area contributed by atoms with Crippen LogP contribution in [0.25, 0.3) is 11.1 Å². The van der Waals surface area contributed by atoms with E-state index in [-0.39, 0.29) is 48.1 Å². The van der Waals surface area contributed by atoms with E-state index in [2.05, 4.69) is 29.2 Å². The molecule has 2 aliphatic heterocycles. The zero-order valence-electron chi connectivity index (χ0n) is 19.7. The van der Waals surface area contributed by atoms with Gasteiger partial charge < -0.3 is 9.47 Å². The summed E-state index contributed by atoms with van der Waals surface area (Å²) in [5, 5.41) is 9.12. The molecule has 1 aliphatic carbocycles. The number of carbonyl (C=O) groups excluding carboxylic acids is 2. The highest BCUT2D eigenvalue weighted by Crippen LogP contribution is 2.44. The molecule has 1 aromatic heterocycles. The SMILES string of the molecule is N#Cc1cc(C(=O)C2CC3COCC(C2)N3C(=O)OCC2c3ccccc3-c3ccccc32)ccn1. The molecule has 3 heterocycles. The van der Waals surface area contributed by atoms with Gasteiger partial charge >= 0.3 is 6.09 Å². The first-order valence-corrected chi connectivity index (χ1v) is 12.3. The number of nitriles is 1. The number of rotatable bonds is 4. The highest BCUT2D eigenvalue weighted by molar-refractivity contribution is 5.98. The molecule has 2 atom stereocenters. The number of carbonyl (C=O) groups is 2. The highest BCUT2D eigenvalue weighted by Gasteiger charge is 2.45. The van der Waals surface area contributed by atoms with Crippen LogP contribution in [0.1, 0.15) is 45.9 Å². The fourth-order valence-corrected chi connectivity index (χ4v) is 5.98. The fraction of sp³-hybridized carbons (Fsp3) is 0.310. The van der Waals surface area contributed by atoms with Gasteiger partial charge in [0.05, 0.1) is 25.3 Å². The van der Waals surface area contributed by atoms with Gasteiger partial charge in [0.1, 0.15) is 18.4 Å². The van der Waals surface area contributed by atoms with Gasteiger partial charge in [0.2, 0.25) is 0 Å². The Labute approximate surface area is 209 Å². The van der Waals surface area contributed by atoms with Crippen molar-refractivity contribution < 1.29 is 19.1 Å². The van der Waals surface area contributed by atoms with Gasteiger partial charge in [-0.1, -0.05) is 48.5 Å². The van der Waals surface area contributed by atoms with Crippen LogP contribution in [0.4, 0.5) is 4.79 Å². The van der Waals surface area contributed by atoms with Crippen LogP contribution in [-0.4, -0.2) is 53.7 Å². The van der Waals surface area contributed by atoms with E-state index in [1.165, 1.54) is 34.5 Å². The minimum atomic E-state index is -0.350. The molecule has 2 saturated heterocycles. The van der Waals surface area contributed by atoms with Crippen molar-refractivity contribution in [3.05, 3.63) is 89.2 Å². The Kier molecular flexibility index (Phi) is 5.74. The normalized spacial score (nSPS) is 22.3. The van der Waals surface area contributed by atoms with E-state index in [1.54, 1.807) is 11.0 Å². The maximum absolute atomic E-state index is 13.3. The van der Waals surface area contributed by atoms with Crippen LogP contribution in [0, 0.1) is 17.2 Å². The number of fused-ring (bicyclic) bond motifs is 5. The molecule has 2 bridgehead atoms. The van der Waals surface area contributed by atoms with Crippen LogP contribution in [-0.2, 0) is 9.47 Å². The molecule has 0 N–H and O–H groups in total. The van der Waals surface area contributed by atoms with Crippen LogP contribution in [0.2, 0.25) is 0 Å². The number of ketones is 1. The number of amides is 1. The van der Waals surface area contributed by atoms with E-state index in [0.717, 1.165) is 0 Å². The van der Waals surface area contributed by atoms with E-state index in [0.29, 0.717) is 31.6 Å². The Morgan fingerprint density at radius 1 is 1.00 bits per heavy atom. The third-order valence-corrected chi connectivity index (χ3v) is 7.60. The van der Waals surface area contributed by atoms with Crippen molar-refractivity contribution in [3.63, 3.8) is 0 Å². The minimum absolute atomic E-state index is 0.00224. The summed E-state index contributed by atoms with van der Waals surface area (Å²) in [6, 6.07) is 21.2. The van der Waals surface area contributed by atoms with Crippen LogP contribution in [0.15, 0.2) is 66.9 Å². The van der Waals surface area contributed by atoms with Crippen molar-refractivity contribution in [1.82, 2.24) is 9.88 Å². The van der Waals surface area contributed by atoms with Gasteiger partial charge in [-0.2, -0.15) is 5.26 Å². The average Bonchev–Trinajstić information content (AvgIpc) is 3.24. The summed E-state index contributed by atoms with van der Waals surface area (Å²) in [5.74, 6) is -0.258. The molecule has 2 unspecified atom stereocenters. The summed E-state index contributed by atoms with van der Waals surface area (Å²) in [6.45, 7) is 1.02. The molecule has 0 saturated carbocycles. The largest absolute Gasteiger partial charge is 0.448 e. The Morgan fingerprint density at radius 2 is 1.64 bits per heavy atom. The number of aromatic nitrogens is 1. The molecule has 2 fully saturated rings. The second-order valence-electron chi connectivity index (χ2n) is 9.63. The molecule has 2 aromatic carbocycles. The van der Waals surface area contributed by atoms with Crippen molar-refractivity contribution in [2.45, 2.75) is 30.8 Å². The highest BCUT2D eigenvalue weighted by atomic mass is 16.6. The summed E-state index contributed by atoms with van der Waals surface area (Å²) in [6.07, 6.45) is 2.14. The Morgan fingerprint density at radius 3 is 2.28 bits per heavy atom. The van der Waals surface area contributed by atoms with Gasteiger partial charge in [0.25, 0.3) is 0 Å². The summed E-state index contributed by atoms with van der Waals surface area (Å²) in [7, 11) is 0. The summed E-state index contributed by atoms with van der Waals surface area (Å²) in [5.41, 5.74) is 5.44. The lowest BCUT2D eigenvalue weighted by molar-refractivity contribution is -0.0747. The predicted octanol–water partition coefficient (Wildman–Crippen LogP) is 4.56. The quantitative estimate of drug-likeness (QED) is 0.509. The van der Waals surface area contributed by atoms with Gasteiger partial charge in [0, 0.05) is 23.6 Å². The summed E-state index contributed by atoms with van der Waals surface area (Å²) in [4.78, 5) is 32.3. The van der Waals surface area contributed by atoms with Crippen LogP contribution in [0.5, 0.6) is 0 Å². The van der Waals surface area contributed by atoms with Gasteiger partial charge in [0.15, 0.2) is 5.78 Å². The first kappa shape index (κ1) is 22.4. The van der Waals surface area contributed by atoms with Crippen LogP contribution < -0.4 is 0 Å². The lowest BCUT2D eigenvalue weighted by Crippen LogP contribution is -2.60. The number of ether oxygens (including phenoxy) is 2. The van der Waals surface area contributed by atoms with Gasteiger partial charge in [-0.05, 0) is 47.2 Å². The first-order valence-electron chi connectivity index (χ1n) is 12.3. The third kappa shape index (κ3) is 3.84. The van der Waals surface area contributed by atoms with E-state index in [1.807, 2.05) is 30.3 Å². The molecule has 0 spiro atoms.